The molecule has 1 fully saturated rings. The molecule has 0 spiro atoms. The largest absolute Gasteiger partial charge is 0.492 e. The van der Waals surface area contributed by atoms with Crippen LogP contribution in [0.2, 0.25) is 0 Å². The zero-order valence-electron chi connectivity index (χ0n) is 24.0. The Morgan fingerprint density at radius 3 is 2.31 bits per heavy atom. The van der Waals surface area contributed by atoms with Gasteiger partial charge in [0.05, 0.1) is 11.3 Å². The fraction of sp³-hybridized carbons (Fsp3) is 0.467. The van der Waals surface area contributed by atoms with Crippen molar-refractivity contribution in [2.45, 2.75) is 52.5 Å². The molecule has 1 aliphatic rings. The number of likely N-dealkylation sites (N-methyl/N-ethyl adjacent to an activating group) is 1. The molecular formula is C30H44FN5O3. The molecule has 8 nitrogen and oxygen atoms in total. The van der Waals surface area contributed by atoms with E-state index < -0.39 is 5.82 Å². The molecule has 3 rings (SSSR count). The van der Waals surface area contributed by atoms with E-state index >= 15 is 4.39 Å². The van der Waals surface area contributed by atoms with E-state index in [4.69, 9.17) is 9.47 Å². The van der Waals surface area contributed by atoms with Crippen molar-refractivity contribution in [2.75, 3.05) is 51.1 Å². The minimum absolute atomic E-state index is 0.118. The highest BCUT2D eigenvalue weighted by Gasteiger charge is 2.17. The molecule has 0 radical (unpaired) electrons. The number of carbonyl (C=O) groups is 1. The Bertz CT molecular complexity index is 1070. The van der Waals surface area contributed by atoms with Gasteiger partial charge in [-0.3, -0.25) is 4.99 Å². The number of carbonyl (C=O) groups excluding carboxylic acids is 1. The van der Waals surface area contributed by atoms with Crippen LogP contribution in [0, 0.1) is 5.82 Å². The van der Waals surface area contributed by atoms with E-state index in [9.17, 15) is 4.79 Å². The van der Waals surface area contributed by atoms with Crippen molar-refractivity contribution in [3.8, 4) is 5.75 Å². The summed E-state index contributed by atoms with van der Waals surface area (Å²) in [6.45, 7) is 12.6. The van der Waals surface area contributed by atoms with Gasteiger partial charge < -0.3 is 30.3 Å². The third-order valence-corrected chi connectivity index (χ3v) is 5.91. The van der Waals surface area contributed by atoms with Crippen molar-refractivity contribution in [2.24, 2.45) is 4.99 Å². The number of nitrogens with zero attached hydrogens (tertiary/aromatic N) is 2. The summed E-state index contributed by atoms with van der Waals surface area (Å²) >= 11 is 0. The summed E-state index contributed by atoms with van der Waals surface area (Å²) in [5.41, 5.74) is 2.39. The van der Waals surface area contributed by atoms with E-state index in [0.717, 1.165) is 12.8 Å². The molecule has 0 atom stereocenters. The van der Waals surface area contributed by atoms with E-state index in [1.54, 1.807) is 43.5 Å². The topological polar surface area (TPSA) is 87.2 Å². The lowest BCUT2D eigenvalue weighted by molar-refractivity contribution is 0.0806. The Morgan fingerprint density at radius 1 is 1.13 bits per heavy atom. The molecule has 214 valence electrons. The highest BCUT2D eigenvalue weighted by atomic mass is 19.1. The number of nitrogens with one attached hydrogen (secondary N) is 3. The number of hydrogen-bond donors (Lipinski definition) is 3. The smallest absolute Gasteiger partial charge is 0.319 e. The van der Waals surface area contributed by atoms with Gasteiger partial charge in [0.15, 0.2) is 0 Å². The van der Waals surface area contributed by atoms with Crippen LogP contribution in [0.15, 0.2) is 48.0 Å². The first-order chi connectivity index (χ1) is 18.8. The summed E-state index contributed by atoms with van der Waals surface area (Å²) in [6.07, 6.45) is 5.85. The maximum Gasteiger partial charge on any atom is 0.319 e. The van der Waals surface area contributed by atoms with Crippen molar-refractivity contribution in [3.63, 3.8) is 0 Å². The van der Waals surface area contributed by atoms with Crippen molar-refractivity contribution in [3.05, 3.63) is 54.4 Å². The number of benzene rings is 2. The lowest BCUT2D eigenvalue weighted by atomic mass is 10.1. The summed E-state index contributed by atoms with van der Waals surface area (Å²) in [6, 6.07) is 10.0. The number of aliphatic imine (C=N–C) groups is 1. The molecule has 2 aromatic carbocycles. The molecule has 0 unspecified atom stereocenters. The van der Waals surface area contributed by atoms with Crippen molar-refractivity contribution in [1.82, 2.24) is 10.2 Å². The first kappa shape index (κ1) is 31.8. The van der Waals surface area contributed by atoms with Gasteiger partial charge in [-0.15, -0.1) is 0 Å². The van der Waals surface area contributed by atoms with Gasteiger partial charge in [-0.25, -0.2) is 9.18 Å². The van der Waals surface area contributed by atoms with Gasteiger partial charge in [-0.1, -0.05) is 33.3 Å². The fourth-order valence-corrected chi connectivity index (χ4v) is 3.61. The van der Waals surface area contributed by atoms with Crippen LogP contribution in [0.5, 0.6) is 5.75 Å². The summed E-state index contributed by atoms with van der Waals surface area (Å²) < 4.78 is 26.0. The number of halogens is 1. The first-order valence-electron chi connectivity index (χ1n) is 13.6. The van der Waals surface area contributed by atoms with Crippen LogP contribution in [0.1, 0.15) is 52.0 Å². The van der Waals surface area contributed by atoms with Gasteiger partial charge in [-0.2, -0.15) is 0 Å². The van der Waals surface area contributed by atoms with Crippen LogP contribution in [-0.4, -0.2) is 63.6 Å². The first-order valence-corrected chi connectivity index (χ1v) is 13.6. The molecule has 9 heteroatoms. The van der Waals surface area contributed by atoms with Crippen LogP contribution >= 0.6 is 0 Å². The van der Waals surface area contributed by atoms with E-state index in [-0.39, 0.29) is 17.6 Å². The van der Waals surface area contributed by atoms with Crippen molar-refractivity contribution < 1.29 is 18.7 Å². The number of hydrogen-bond acceptors (Lipinski definition) is 6. The molecule has 2 amide bonds. The van der Waals surface area contributed by atoms with Crippen LogP contribution in [-0.2, 0) is 4.74 Å². The number of amides is 2. The summed E-state index contributed by atoms with van der Waals surface area (Å²) in [7, 11) is 3.89. The maximum absolute atomic E-state index is 15.0. The molecule has 0 aromatic heterocycles. The van der Waals surface area contributed by atoms with Crippen molar-refractivity contribution in [1.29, 1.82) is 0 Å². The zero-order chi connectivity index (χ0) is 28.6. The Kier molecular flexibility index (Phi) is 14.0. The monoisotopic (exact) mass is 541 g/mol. The van der Waals surface area contributed by atoms with Gasteiger partial charge in [0.2, 0.25) is 0 Å². The second kappa shape index (κ2) is 17.2. The van der Waals surface area contributed by atoms with Crippen LogP contribution < -0.4 is 20.7 Å². The van der Waals surface area contributed by atoms with E-state index in [1.165, 1.54) is 18.9 Å². The second-order valence-electron chi connectivity index (χ2n) is 9.50. The average Bonchev–Trinajstić information content (AvgIpc) is 2.90. The van der Waals surface area contributed by atoms with Gasteiger partial charge in [0.25, 0.3) is 0 Å². The molecule has 3 N–H and O–H groups in total. The molecule has 0 bridgehead atoms. The fourth-order valence-electron chi connectivity index (χ4n) is 3.61. The van der Waals surface area contributed by atoms with Gasteiger partial charge in [0, 0.05) is 61.2 Å². The number of rotatable bonds is 11. The zero-order valence-corrected chi connectivity index (χ0v) is 24.0. The molecule has 39 heavy (non-hydrogen) atoms. The predicted octanol–water partition coefficient (Wildman–Crippen LogP) is 6.68. The van der Waals surface area contributed by atoms with Gasteiger partial charge in [0.1, 0.15) is 18.2 Å². The third kappa shape index (κ3) is 11.5. The Balaban J connectivity index is 0.00000124. The standard InChI is InChI=1S/C26H34FN5O3.C4H10/c1-5-28-24-17-22(35-15-12-32(3)4)16-23(27)25(24)18(2)29-19-6-8-20(9-7-19)30-26(33)31-21-10-13-34-14-11-21;1-3-4-2/h5-9,16-17,21,29H,2,10-15H2,1,3-4H3,(H2,30,31,33);3-4H2,1-2H3. The van der Waals surface area contributed by atoms with Crippen LogP contribution in [0.4, 0.5) is 26.2 Å². The SMILES string of the molecule is C=C(Nc1ccc(NC(=O)NC2CCOCC2)cc1)c1c(F)cc(OCCN(C)C)cc1N=CC.CCCC. The van der Waals surface area contributed by atoms with E-state index in [2.05, 4.69) is 41.4 Å². The van der Waals surface area contributed by atoms with Crippen LogP contribution in [0.25, 0.3) is 5.70 Å². The number of anilines is 2. The second-order valence-corrected chi connectivity index (χ2v) is 9.50. The highest BCUT2D eigenvalue weighted by molar-refractivity contribution is 5.90. The van der Waals surface area contributed by atoms with Gasteiger partial charge >= 0.3 is 6.03 Å². The molecule has 0 aliphatic carbocycles. The highest BCUT2D eigenvalue weighted by Crippen LogP contribution is 2.33. The Hall–Kier alpha value is -3.43. The molecule has 0 saturated carbocycles. The number of urea groups is 1. The normalized spacial score (nSPS) is 13.5. The van der Waals surface area contributed by atoms with Crippen LogP contribution in [0.3, 0.4) is 0 Å². The summed E-state index contributed by atoms with van der Waals surface area (Å²) in [5.74, 6) is -0.0653. The quantitative estimate of drug-likeness (QED) is 0.276. The molecule has 1 heterocycles. The Morgan fingerprint density at radius 2 is 1.74 bits per heavy atom. The maximum atomic E-state index is 15.0. The summed E-state index contributed by atoms with van der Waals surface area (Å²) in [5, 5.41) is 8.91. The summed E-state index contributed by atoms with van der Waals surface area (Å²) in [4.78, 5) is 18.5. The Labute approximate surface area is 232 Å². The lowest BCUT2D eigenvalue weighted by Gasteiger charge is -2.23. The molecular weight excluding hydrogens is 497 g/mol. The van der Waals surface area contributed by atoms with E-state index in [0.29, 0.717) is 54.9 Å². The van der Waals surface area contributed by atoms with Gasteiger partial charge in [-0.05, 0) is 58.1 Å². The van der Waals surface area contributed by atoms with Crippen molar-refractivity contribution >= 4 is 35.0 Å². The third-order valence-electron chi connectivity index (χ3n) is 5.91. The molecule has 1 saturated heterocycles. The van der Waals surface area contributed by atoms with E-state index in [1.807, 2.05) is 19.0 Å². The number of unbranched alkanes of at least 4 members (excludes halogenated alkanes) is 1. The minimum Gasteiger partial charge on any atom is -0.492 e. The molecule has 2 aromatic rings. The number of ether oxygens (including phenoxy) is 2. The predicted molar refractivity (Wildman–Crippen MR) is 160 cm³/mol. The average molecular weight is 542 g/mol. The minimum atomic E-state index is -0.478. The molecule has 1 aliphatic heterocycles. The lowest BCUT2D eigenvalue weighted by Crippen LogP contribution is -2.41.